The number of aliphatic hydroxyl groups excluding tert-OH is 1. The molecule has 5 nitrogen and oxygen atoms in total. The van der Waals surface area contributed by atoms with Gasteiger partial charge in [0.15, 0.2) is 0 Å². The van der Waals surface area contributed by atoms with Crippen molar-refractivity contribution in [2.24, 2.45) is 0 Å². The van der Waals surface area contributed by atoms with Crippen LogP contribution < -0.4 is 0 Å². The topological polar surface area (TPSA) is 70.5 Å². The Morgan fingerprint density at radius 3 is 2.71 bits per heavy atom. The van der Waals surface area contributed by atoms with Crippen molar-refractivity contribution in [3.8, 4) is 0 Å². The Bertz CT molecular complexity index is 535. The first kappa shape index (κ1) is 13.0. The molecule has 2 heterocycles. The normalized spacial score (nSPS) is 21.9. The van der Waals surface area contributed by atoms with E-state index in [1.54, 1.807) is 0 Å². The van der Waals surface area contributed by atoms with Gasteiger partial charge in [0.05, 0.1) is 11.1 Å². The molecule has 1 aliphatic rings. The van der Waals surface area contributed by atoms with Crippen molar-refractivity contribution in [3.63, 3.8) is 0 Å². The number of sulfonamides is 1. The van der Waals surface area contributed by atoms with Crippen LogP contribution in [0.3, 0.4) is 0 Å². The van der Waals surface area contributed by atoms with Gasteiger partial charge in [0.1, 0.15) is 10.0 Å². The number of hydrogen-bond donors (Lipinski definition) is 1. The number of nitrogens with zero attached hydrogens (tertiary/aromatic N) is 2. The highest BCUT2D eigenvalue weighted by atomic mass is 35.5. The molecular weight excluding hydrogens is 287 g/mol. The molecule has 94 valence electrons. The second kappa shape index (κ2) is 4.70. The Morgan fingerprint density at radius 1 is 1.47 bits per heavy atom. The number of rotatable bonds is 2. The van der Waals surface area contributed by atoms with E-state index < -0.39 is 16.1 Å². The average molecular weight is 297 g/mol. The third kappa shape index (κ3) is 2.56. The van der Waals surface area contributed by atoms with Crippen molar-refractivity contribution in [1.29, 1.82) is 0 Å². The standard InChI is InChI=1S/C9H10Cl2N2O3S/c10-8-3-7(4-12-9(8)11)17(15,16)13-2-1-6(14)5-13/h3-4,6,14H,1-2,5H2/t6-/m1/s1. The molecule has 0 bridgehead atoms. The van der Waals surface area contributed by atoms with E-state index >= 15 is 0 Å². The number of pyridine rings is 1. The summed E-state index contributed by atoms with van der Waals surface area (Å²) >= 11 is 11.4. The molecule has 1 atom stereocenters. The van der Waals surface area contributed by atoms with Crippen LogP contribution in [-0.4, -0.2) is 42.0 Å². The average Bonchev–Trinajstić information content (AvgIpc) is 2.69. The zero-order valence-corrected chi connectivity index (χ0v) is 11.0. The highest BCUT2D eigenvalue weighted by Crippen LogP contribution is 2.26. The van der Waals surface area contributed by atoms with E-state index in [9.17, 15) is 13.5 Å². The molecule has 0 radical (unpaired) electrons. The van der Waals surface area contributed by atoms with Crippen LogP contribution in [0.5, 0.6) is 0 Å². The summed E-state index contributed by atoms with van der Waals surface area (Å²) < 4.78 is 25.4. The summed E-state index contributed by atoms with van der Waals surface area (Å²) in [5.41, 5.74) is 0. The minimum absolute atomic E-state index is 0.0130. The molecular formula is C9H10Cl2N2O3S. The molecule has 0 unspecified atom stereocenters. The smallest absolute Gasteiger partial charge is 0.244 e. The molecule has 0 aromatic carbocycles. The van der Waals surface area contributed by atoms with Gasteiger partial charge in [0.2, 0.25) is 10.0 Å². The monoisotopic (exact) mass is 296 g/mol. The molecule has 1 fully saturated rings. The fourth-order valence-corrected chi connectivity index (χ4v) is 3.42. The van der Waals surface area contributed by atoms with Gasteiger partial charge in [0.25, 0.3) is 0 Å². The van der Waals surface area contributed by atoms with Crippen molar-refractivity contribution in [2.45, 2.75) is 17.4 Å². The first-order valence-corrected chi connectivity index (χ1v) is 7.10. The lowest BCUT2D eigenvalue weighted by Crippen LogP contribution is -2.29. The molecule has 1 saturated heterocycles. The van der Waals surface area contributed by atoms with Gasteiger partial charge in [-0.15, -0.1) is 0 Å². The SMILES string of the molecule is O=S(=O)(c1cnc(Cl)c(Cl)c1)N1CC[C@@H](O)C1. The van der Waals surface area contributed by atoms with E-state index in [0.717, 1.165) is 6.20 Å². The lowest BCUT2D eigenvalue weighted by Gasteiger charge is -2.15. The Hall–Kier alpha value is -0.400. The Labute approximate surface area is 109 Å². The minimum Gasteiger partial charge on any atom is -0.392 e. The molecule has 1 aromatic rings. The highest BCUT2D eigenvalue weighted by molar-refractivity contribution is 7.89. The van der Waals surface area contributed by atoms with Crippen LogP contribution in [0.1, 0.15) is 6.42 Å². The lowest BCUT2D eigenvalue weighted by atomic mass is 10.3. The van der Waals surface area contributed by atoms with Gasteiger partial charge in [-0.1, -0.05) is 23.2 Å². The molecule has 1 aromatic heterocycles. The summed E-state index contributed by atoms with van der Waals surface area (Å²) in [4.78, 5) is 3.69. The van der Waals surface area contributed by atoms with Gasteiger partial charge in [-0.2, -0.15) is 4.31 Å². The summed E-state index contributed by atoms with van der Waals surface area (Å²) in [6.45, 7) is 0.395. The van der Waals surface area contributed by atoms with Crippen LogP contribution in [0.4, 0.5) is 0 Å². The predicted molar refractivity (Wildman–Crippen MR) is 63.6 cm³/mol. The summed E-state index contributed by atoms with van der Waals surface area (Å²) in [6.07, 6.45) is 0.989. The molecule has 2 rings (SSSR count). The van der Waals surface area contributed by atoms with Gasteiger partial charge in [0, 0.05) is 19.3 Å². The molecule has 1 N–H and O–H groups in total. The van der Waals surface area contributed by atoms with E-state index in [-0.39, 0.29) is 21.6 Å². The summed E-state index contributed by atoms with van der Waals surface area (Å²) in [7, 11) is -3.64. The Morgan fingerprint density at radius 2 is 2.18 bits per heavy atom. The van der Waals surface area contributed by atoms with Crippen LogP contribution >= 0.6 is 23.2 Å². The predicted octanol–water partition coefficient (Wildman–Crippen LogP) is 1.14. The van der Waals surface area contributed by atoms with E-state index in [1.165, 1.54) is 10.4 Å². The van der Waals surface area contributed by atoms with Crippen LogP contribution in [0.15, 0.2) is 17.2 Å². The molecule has 8 heteroatoms. The van der Waals surface area contributed by atoms with Crippen LogP contribution in [0, 0.1) is 0 Å². The summed E-state index contributed by atoms with van der Waals surface area (Å²) in [6, 6.07) is 1.26. The van der Waals surface area contributed by atoms with E-state index in [2.05, 4.69) is 4.98 Å². The largest absolute Gasteiger partial charge is 0.392 e. The first-order chi connectivity index (χ1) is 7.91. The van der Waals surface area contributed by atoms with Crippen LogP contribution in [0.25, 0.3) is 0 Å². The molecule has 17 heavy (non-hydrogen) atoms. The molecule has 0 spiro atoms. The second-order valence-electron chi connectivity index (χ2n) is 3.75. The maximum absolute atomic E-state index is 12.1. The Kier molecular flexibility index (Phi) is 3.61. The number of hydrogen-bond acceptors (Lipinski definition) is 4. The van der Waals surface area contributed by atoms with Gasteiger partial charge in [-0.3, -0.25) is 0 Å². The molecule has 0 amide bonds. The fourth-order valence-electron chi connectivity index (χ4n) is 1.62. The van der Waals surface area contributed by atoms with Gasteiger partial charge >= 0.3 is 0 Å². The lowest BCUT2D eigenvalue weighted by molar-refractivity contribution is 0.189. The maximum Gasteiger partial charge on any atom is 0.244 e. The second-order valence-corrected chi connectivity index (χ2v) is 6.45. The number of aliphatic hydroxyl groups is 1. The van der Waals surface area contributed by atoms with Crippen molar-refractivity contribution in [1.82, 2.24) is 9.29 Å². The van der Waals surface area contributed by atoms with Crippen molar-refractivity contribution >= 4 is 33.2 Å². The zero-order valence-electron chi connectivity index (χ0n) is 8.68. The minimum atomic E-state index is -3.64. The number of β-amino-alcohol motifs (C(OH)–C–C–N with tert-alkyl or cyclic N) is 1. The molecule has 1 aliphatic heterocycles. The van der Waals surface area contributed by atoms with Gasteiger partial charge < -0.3 is 5.11 Å². The highest BCUT2D eigenvalue weighted by Gasteiger charge is 2.32. The van der Waals surface area contributed by atoms with Crippen LogP contribution in [-0.2, 0) is 10.0 Å². The third-order valence-electron chi connectivity index (χ3n) is 2.54. The van der Waals surface area contributed by atoms with Crippen LogP contribution in [0.2, 0.25) is 10.2 Å². The van der Waals surface area contributed by atoms with Crippen molar-refractivity contribution in [2.75, 3.05) is 13.1 Å². The van der Waals surface area contributed by atoms with E-state index in [0.29, 0.717) is 13.0 Å². The number of aromatic nitrogens is 1. The molecule has 0 aliphatic carbocycles. The van der Waals surface area contributed by atoms with Crippen molar-refractivity contribution in [3.05, 3.63) is 22.4 Å². The third-order valence-corrected chi connectivity index (χ3v) is 5.05. The summed E-state index contributed by atoms with van der Waals surface area (Å²) in [5.74, 6) is 0. The van der Waals surface area contributed by atoms with Gasteiger partial charge in [-0.05, 0) is 12.5 Å². The fraction of sp³-hybridized carbons (Fsp3) is 0.444. The Balaban J connectivity index is 2.35. The van der Waals surface area contributed by atoms with Gasteiger partial charge in [-0.25, -0.2) is 13.4 Å². The quantitative estimate of drug-likeness (QED) is 0.831. The molecule has 0 saturated carbocycles. The van der Waals surface area contributed by atoms with E-state index in [1.807, 2.05) is 0 Å². The van der Waals surface area contributed by atoms with Crippen molar-refractivity contribution < 1.29 is 13.5 Å². The van der Waals surface area contributed by atoms with E-state index in [4.69, 9.17) is 23.2 Å². The maximum atomic E-state index is 12.1. The first-order valence-electron chi connectivity index (χ1n) is 4.90. The zero-order chi connectivity index (χ0) is 12.6. The summed E-state index contributed by atoms with van der Waals surface area (Å²) in [5, 5.41) is 9.49. The number of halogens is 2.